The highest BCUT2D eigenvalue weighted by atomic mass is 32.2. The van der Waals surface area contributed by atoms with Crippen LogP contribution in [0.1, 0.15) is 59.3 Å². The van der Waals surface area contributed by atoms with Crippen molar-refractivity contribution in [1.29, 1.82) is 0 Å². The van der Waals surface area contributed by atoms with E-state index in [1.807, 2.05) is 0 Å². The molecule has 0 amide bonds. The lowest BCUT2D eigenvalue weighted by molar-refractivity contribution is 0.637. The van der Waals surface area contributed by atoms with E-state index < -0.39 is 0 Å². The maximum absolute atomic E-state index is 5.23. The van der Waals surface area contributed by atoms with Crippen LogP contribution >= 0.6 is 24.0 Å². The molecule has 0 saturated carbocycles. The third kappa shape index (κ3) is 12.1. The van der Waals surface area contributed by atoms with Gasteiger partial charge in [0.15, 0.2) is 0 Å². The molecule has 0 aliphatic rings. The molecule has 15 heavy (non-hydrogen) atoms. The van der Waals surface area contributed by atoms with Crippen LogP contribution in [0.25, 0.3) is 0 Å². The second-order valence-electron chi connectivity index (χ2n) is 4.09. The van der Waals surface area contributed by atoms with E-state index in [9.17, 15) is 0 Å². The molecule has 0 spiro atoms. The molecule has 0 nitrogen and oxygen atoms in total. The number of rotatable bonds is 8. The average Bonchev–Trinajstić information content (AvgIpc) is 2.15. The second kappa shape index (κ2) is 10.7. The zero-order valence-electron chi connectivity index (χ0n) is 10.3. The summed E-state index contributed by atoms with van der Waals surface area (Å²) in [4.78, 5) is 0. The zero-order chi connectivity index (χ0) is 11.5. The molecular weight excluding hydrogens is 220 g/mol. The molecule has 0 saturated heterocycles. The summed E-state index contributed by atoms with van der Waals surface area (Å²) >= 11 is 7.00. The van der Waals surface area contributed by atoms with Crippen molar-refractivity contribution < 1.29 is 0 Å². The lowest BCUT2D eigenvalue weighted by atomic mass is 10.1. The van der Waals surface area contributed by atoms with E-state index in [0.29, 0.717) is 5.25 Å². The molecule has 0 aromatic carbocycles. The predicted molar refractivity (Wildman–Crippen MR) is 77.8 cm³/mol. The number of hydrogen-bond donors (Lipinski definition) is 0. The Labute approximate surface area is 105 Å². The van der Waals surface area contributed by atoms with Crippen LogP contribution in [0.15, 0.2) is 12.2 Å². The molecule has 0 aromatic heterocycles. The molecule has 88 valence electrons. The summed E-state index contributed by atoms with van der Waals surface area (Å²) in [5, 5.41) is 0.603. The Morgan fingerprint density at radius 2 is 1.87 bits per heavy atom. The first-order valence-electron chi connectivity index (χ1n) is 6.04. The minimum atomic E-state index is 0.603. The summed E-state index contributed by atoms with van der Waals surface area (Å²) in [6.07, 6.45) is 12.3. The summed E-state index contributed by atoms with van der Waals surface area (Å²) in [6, 6.07) is 0. The summed E-state index contributed by atoms with van der Waals surface area (Å²) in [5.74, 6) is 0. The molecule has 0 aliphatic heterocycles. The van der Waals surface area contributed by atoms with E-state index in [-0.39, 0.29) is 0 Å². The average molecular weight is 244 g/mol. The van der Waals surface area contributed by atoms with Crippen molar-refractivity contribution in [3.05, 3.63) is 12.2 Å². The Morgan fingerprint density at radius 1 is 1.20 bits per heavy atom. The van der Waals surface area contributed by atoms with Gasteiger partial charge in [-0.25, -0.2) is 0 Å². The largest absolute Gasteiger partial charge is 0.112 e. The third-order valence-electron chi connectivity index (χ3n) is 2.08. The molecule has 0 fully saturated rings. The van der Waals surface area contributed by atoms with Gasteiger partial charge < -0.3 is 0 Å². The van der Waals surface area contributed by atoms with Crippen molar-refractivity contribution in [2.75, 3.05) is 0 Å². The lowest BCUT2D eigenvalue weighted by Crippen LogP contribution is -1.91. The van der Waals surface area contributed by atoms with E-state index in [4.69, 9.17) is 12.2 Å². The molecule has 0 aliphatic carbocycles. The number of allylic oxidation sites excluding steroid dienone is 1. The van der Waals surface area contributed by atoms with Gasteiger partial charge >= 0.3 is 0 Å². The predicted octanol–water partition coefficient (Wildman–Crippen LogP) is 5.37. The quantitative estimate of drug-likeness (QED) is 0.320. The summed E-state index contributed by atoms with van der Waals surface area (Å²) in [6.45, 7) is 6.60. The maximum atomic E-state index is 5.23. The zero-order valence-corrected chi connectivity index (χ0v) is 11.9. The Bertz CT molecular complexity index is 183. The second-order valence-corrected chi connectivity index (χ2v) is 6.41. The molecule has 0 rings (SSSR count). The van der Waals surface area contributed by atoms with Crippen LogP contribution in [0.2, 0.25) is 0 Å². The summed E-state index contributed by atoms with van der Waals surface area (Å²) in [5.41, 5.74) is 0. The molecule has 0 N–H and O–H groups in total. The Kier molecular flexibility index (Phi) is 10.8. The summed E-state index contributed by atoms with van der Waals surface area (Å²) in [7, 11) is 0. The van der Waals surface area contributed by atoms with Crippen molar-refractivity contribution in [2.45, 2.75) is 64.5 Å². The monoisotopic (exact) mass is 244 g/mol. The van der Waals surface area contributed by atoms with Crippen LogP contribution in [0, 0.1) is 0 Å². The van der Waals surface area contributed by atoms with Gasteiger partial charge in [0.25, 0.3) is 0 Å². The van der Waals surface area contributed by atoms with E-state index in [0.717, 1.165) is 4.20 Å². The molecule has 0 bridgehead atoms. The van der Waals surface area contributed by atoms with E-state index >= 15 is 0 Å². The van der Waals surface area contributed by atoms with Crippen molar-refractivity contribution in [3.8, 4) is 0 Å². The summed E-state index contributed by atoms with van der Waals surface area (Å²) < 4.78 is 1.03. The minimum Gasteiger partial charge on any atom is -0.112 e. The molecule has 0 atom stereocenters. The van der Waals surface area contributed by atoms with Crippen LogP contribution in [-0.2, 0) is 0 Å². The third-order valence-corrected chi connectivity index (χ3v) is 3.34. The number of hydrogen-bond acceptors (Lipinski definition) is 2. The van der Waals surface area contributed by atoms with Crippen molar-refractivity contribution in [2.24, 2.45) is 0 Å². The van der Waals surface area contributed by atoms with Crippen LogP contribution in [0.4, 0.5) is 0 Å². The highest BCUT2D eigenvalue weighted by Gasteiger charge is 1.96. The Balaban J connectivity index is 3.34. The smallest absolute Gasteiger partial charge is 0.0705 e. The molecule has 0 aromatic rings. The van der Waals surface area contributed by atoms with Crippen molar-refractivity contribution >= 4 is 28.2 Å². The standard InChI is InChI=1S/C13H24S2/c1-4-5-6-7-8-9-10-11-13(14)15-12(2)3/h10-12H,4-9H2,1-3H3. The van der Waals surface area contributed by atoms with Gasteiger partial charge in [0.1, 0.15) is 0 Å². The fourth-order valence-electron chi connectivity index (χ4n) is 1.32. The van der Waals surface area contributed by atoms with Crippen molar-refractivity contribution in [3.63, 3.8) is 0 Å². The van der Waals surface area contributed by atoms with Gasteiger partial charge in [-0.15, -0.1) is 11.8 Å². The van der Waals surface area contributed by atoms with Crippen LogP contribution in [-0.4, -0.2) is 9.45 Å². The highest BCUT2D eigenvalue weighted by molar-refractivity contribution is 8.23. The topological polar surface area (TPSA) is 0 Å². The van der Waals surface area contributed by atoms with Crippen LogP contribution in [0.5, 0.6) is 0 Å². The maximum Gasteiger partial charge on any atom is 0.0705 e. The fraction of sp³-hybridized carbons (Fsp3) is 0.769. The normalized spacial score (nSPS) is 11.5. The van der Waals surface area contributed by atoms with Gasteiger partial charge in [-0.05, 0) is 18.9 Å². The molecule has 2 heteroatoms. The molecule has 0 unspecified atom stereocenters. The van der Waals surface area contributed by atoms with Gasteiger partial charge in [-0.2, -0.15) is 0 Å². The first kappa shape index (κ1) is 15.2. The van der Waals surface area contributed by atoms with E-state index in [2.05, 4.69) is 32.9 Å². The van der Waals surface area contributed by atoms with E-state index in [1.165, 1.54) is 38.5 Å². The highest BCUT2D eigenvalue weighted by Crippen LogP contribution is 2.13. The van der Waals surface area contributed by atoms with Gasteiger partial charge in [0, 0.05) is 5.25 Å². The van der Waals surface area contributed by atoms with Crippen molar-refractivity contribution in [1.82, 2.24) is 0 Å². The SMILES string of the molecule is CCCCCCCC=CC(=S)SC(C)C. The minimum absolute atomic E-state index is 0.603. The van der Waals surface area contributed by atoms with Gasteiger partial charge in [0.2, 0.25) is 0 Å². The number of unbranched alkanes of at least 4 members (excludes halogenated alkanes) is 5. The van der Waals surface area contributed by atoms with Gasteiger partial charge in [-0.1, -0.05) is 64.7 Å². The van der Waals surface area contributed by atoms with Crippen LogP contribution in [0.3, 0.4) is 0 Å². The van der Waals surface area contributed by atoms with E-state index in [1.54, 1.807) is 11.8 Å². The number of thioether (sulfide) groups is 1. The Morgan fingerprint density at radius 3 is 2.47 bits per heavy atom. The molecule has 0 radical (unpaired) electrons. The number of thiocarbonyl (C=S) groups is 1. The first-order valence-corrected chi connectivity index (χ1v) is 7.32. The molecule has 0 heterocycles. The van der Waals surface area contributed by atoms with Gasteiger partial charge in [-0.3, -0.25) is 0 Å². The first-order chi connectivity index (χ1) is 7.16. The van der Waals surface area contributed by atoms with Gasteiger partial charge in [0.05, 0.1) is 4.20 Å². The fourth-order valence-corrected chi connectivity index (χ4v) is 2.63. The lowest BCUT2D eigenvalue weighted by Gasteiger charge is -2.01. The van der Waals surface area contributed by atoms with Crippen LogP contribution < -0.4 is 0 Å². The molecular formula is C13H24S2. The Hall–Kier alpha value is 0.180.